The van der Waals surface area contributed by atoms with Crippen molar-refractivity contribution < 1.29 is 13.6 Å². The van der Waals surface area contributed by atoms with Crippen molar-refractivity contribution >= 4 is 5.91 Å². The molecule has 1 aliphatic heterocycles. The summed E-state index contributed by atoms with van der Waals surface area (Å²) in [5.74, 6) is -2.32. The molecule has 0 radical (unpaired) electrons. The van der Waals surface area contributed by atoms with Gasteiger partial charge in [-0.2, -0.15) is 15.0 Å². The average Bonchev–Trinajstić information content (AvgIpc) is 2.80. The molecule has 1 aromatic carbocycles. The van der Waals surface area contributed by atoms with E-state index >= 15 is 0 Å². The second-order valence-electron chi connectivity index (χ2n) is 4.31. The lowest BCUT2D eigenvalue weighted by atomic mass is 10.1. The highest BCUT2D eigenvalue weighted by molar-refractivity contribution is 5.95. The van der Waals surface area contributed by atoms with Crippen molar-refractivity contribution in [1.29, 1.82) is 0 Å². The van der Waals surface area contributed by atoms with Gasteiger partial charge in [-0.15, -0.1) is 0 Å². The molecule has 0 aliphatic carbocycles. The van der Waals surface area contributed by atoms with Crippen LogP contribution in [0.15, 0.2) is 30.6 Å². The van der Waals surface area contributed by atoms with Crippen LogP contribution in [0.3, 0.4) is 0 Å². The molecule has 7 heteroatoms. The van der Waals surface area contributed by atoms with E-state index in [1.54, 1.807) is 12.4 Å². The molecule has 3 rings (SSSR count). The zero-order chi connectivity index (χ0) is 13.4. The summed E-state index contributed by atoms with van der Waals surface area (Å²) < 4.78 is 26.9. The Labute approximate surface area is 107 Å². The number of nitrogens with zero attached hydrogens (tertiary/aromatic N) is 4. The molecule has 19 heavy (non-hydrogen) atoms. The molecule has 0 bridgehead atoms. The van der Waals surface area contributed by atoms with Crippen molar-refractivity contribution in [2.75, 3.05) is 13.1 Å². The number of hydrogen-bond donors (Lipinski definition) is 0. The van der Waals surface area contributed by atoms with Crippen LogP contribution in [0.2, 0.25) is 0 Å². The van der Waals surface area contributed by atoms with Gasteiger partial charge in [0.05, 0.1) is 12.4 Å². The Balaban J connectivity index is 1.74. The second kappa shape index (κ2) is 4.42. The molecule has 0 saturated carbocycles. The van der Waals surface area contributed by atoms with Gasteiger partial charge in [-0.25, -0.2) is 8.78 Å². The van der Waals surface area contributed by atoms with Crippen LogP contribution in [0.5, 0.6) is 0 Å². The number of hydrogen-bond acceptors (Lipinski definition) is 3. The van der Waals surface area contributed by atoms with Crippen LogP contribution in [-0.4, -0.2) is 38.9 Å². The lowest BCUT2D eigenvalue weighted by molar-refractivity contribution is 0.0467. The van der Waals surface area contributed by atoms with Crippen LogP contribution in [0, 0.1) is 11.6 Å². The molecule has 98 valence electrons. The van der Waals surface area contributed by atoms with Crippen molar-refractivity contribution in [3.63, 3.8) is 0 Å². The first-order valence-corrected chi connectivity index (χ1v) is 5.76. The van der Waals surface area contributed by atoms with Gasteiger partial charge in [0.25, 0.3) is 5.91 Å². The Hall–Kier alpha value is -2.31. The molecule has 0 atom stereocenters. The summed E-state index contributed by atoms with van der Waals surface area (Å²) in [7, 11) is 0. The molecule has 1 saturated heterocycles. The van der Waals surface area contributed by atoms with Gasteiger partial charge in [0.1, 0.15) is 23.2 Å². The van der Waals surface area contributed by atoms with E-state index in [-0.39, 0.29) is 6.04 Å². The van der Waals surface area contributed by atoms with Gasteiger partial charge in [0.2, 0.25) is 0 Å². The number of likely N-dealkylation sites (tertiary alicyclic amines) is 1. The van der Waals surface area contributed by atoms with Crippen molar-refractivity contribution in [3.05, 3.63) is 47.8 Å². The Bertz CT molecular complexity index is 588. The SMILES string of the molecule is O=C(c1c(F)cccc1F)N1CC(n2nccn2)C1. The highest BCUT2D eigenvalue weighted by atomic mass is 19.1. The van der Waals surface area contributed by atoms with Crippen LogP contribution in [-0.2, 0) is 0 Å². The quantitative estimate of drug-likeness (QED) is 0.820. The lowest BCUT2D eigenvalue weighted by Crippen LogP contribution is -2.51. The van der Waals surface area contributed by atoms with E-state index in [9.17, 15) is 13.6 Å². The molecule has 1 amide bonds. The minimum atomic E-state index is -0.842. The molecule has 0 N–H and O–H groups in total. The van der Waals surface area contributed by atoms with E-state index in [1.165, 1.54) is 15.8 Å². The minimum Gasteiger partial charge on any atom is -0.334 e. The van der Waals surface area contributed by atoms with Gasteiger partial charge in [0.15, 0.2) is 0 Å². The van der Waals surface area contributed by atoms with E-state index in [0.29, 0.717) is 13.1 Å². The number of benzene rings is 1. The van der Waals surface area contributed by atoms with Gasteiger partial charge in [0, 0.05) is 13.1 Å². The summed E-state index contributed by atoms with van der Waals surface area (Å²) in [6.07, 6.45) is 3.09. The maximum absolute atomic E-state index is 13.5. The molecule has 0 unspecified atom stereocenters. The summed E-state index contributed by atoms with van der Waals surface area (Å²) in [4.78, 5) is 14.8. The van der Waals surface area contributed by atoms with Crippen LogP contribution >= 0.6 is 0 Å². The minimum absolute atomic E-state index is 0.0335. The standard InChI is InChI=1S/C12H10F2N4O/c13-9-2-1-3-10(14)11(9)12(19)17-6-8(7-17)18-15-4-5-16-18/h1-5,8H,6-7H2. The van der Waals surface area contributed by atoms with Crippen molar-refractivity contribution in [1.82, 2.24) is 19.9 Å². The fourth-order valence-electron chi connectivity index (χ4n) is 2.04. The first-order valence-electron chi connectivity index (χ1n) is 5.76. The molecule has 2 aromatic rings. The summed E-state index contributed by atoms with van der Waals surface area (Å²) in [6.45, 7) is 0.697. The fourth-order valence-corrected chi connectivity index (χ4v) is 2.04. The smallest absolute Gasteiger partial charge is 0.259 e. The number of aromatic nitrogens is 3. The predicted octanol–water partition coefficient (Wildman–Crippen LogP) is 1.25. The summed E-state index contributed by atoms with van der Waals surface area (Å²) in [5, 5.41) is 7.92. The Morgan fingerprint density at radius 3 is 2.32 bits per heavy atom. The highest BCUT2D eigenvalue weighted by Crippen LogP contribution is 2.23. The molecule has 1 aliphatic rings. The van der Waals surface area contributed by atoms with E-state index < -0.39 is 23.1 Å². The van der Waals surface area contributed by atoms with Crippen LogP contribution in [0.4, 0.5) is 8.78 Å². The first kappa shape index (κ1) is 11.8. The van der Waals surface area contributed by atoms with Crippen molar-refractivity contribution in [3.8, 4) is 0 Å². The maximum Gasteiger partial charge on any atom is 0.259 e. The monoisotopic (exact) mass is 264 g/mol. The van der Waals surface area contributed by atoms with Crippen LogP contribution < -0.4 is 0 Å². The lowest BCUT2D eigenvalue weighted by Gasteiger charge is -2.38. The summed E-state index contributed by atoms with van der Waals surface area (Å²) >= 11 is 0. The molecular weight excluding hydrogens is 254 g/mol. The van der Waals surface area contributed by atoms with E-state index in [2.05, 4.69) is 10.2 Å². The fraction of sp³-hybridized carbons (Fsp3) is 0.250. The Kier molecular flexibility index (Phi) is 2.73. The average molecular weight is 264 g/mol. The summed E-state index contributed by atoms with van der Waals surface area (Å²) in [6, 6.07) is 3.34. The third-order valence-corrected chi connectivity index (χ3v) is 3.09. The molecule has 5 nitrogen and oxygen atoms in total. The van der Waals surface area contributed by atoms with Gasteiger partial charge in [-0.1, -0.05) is 6.07 Å². The molecule has 1 fully saturated rings. The van der Waals surface area contributed by atoms with E-state index in [0.717, 1.165) is 12.1 Å². The van der Waals surface area contributed by atoms with Crippen LogP contribution in [0.1, 0.15) is 16.4 Å². The Morgan fingerprint density at radius 2 is 1.74 bits per heavy atom. The number of carbonyl (C=O) groups is 1. The van der Waals surface area contributed by atoms with Gasteiger partial charge in [-0.3, -0.25) is 4.79 Å². The highest BCUT2D eigenvalue weighted by Gasteiger charge is 2.35. The third kappa shape index (κ3) is 1.96. The first-order chi connectivity index (χ1) is 9.16. The third-order valence-electron chi connectivity index (χ3n) is 3.09. The van der Waals surface area contributed by atoms with Gasteiger partial charge in [-0.05, 0) is 12.1 Å². The Morgan fingerprint density at radius 1 is 1.16 bits per heavy atom. The number of halogens is 2. The topological polar surface area (TPSA) is 51.0 Å². The van der Waals surface area contributed by atoms with Crippen LogP contribution in [0.25, 0.3) is 0 Å². The largest absolute Gasteiger partial charge is 0.334 e. The number of carbonyl (C=O) groups excluding carboxylic acids is 1. The zero-order valence-corrected chi connectivity index (χ0v) is 9.83. The van der Waals surface area contributed by atoms with Gasteiger partial charge >= 0.3 is 0 Å². The molecule has 1 aromatic heterocycles. The van der Waals surface area contributed by atoms with Gasteiger partial charge < -0.3 is 4.90 Å². The molecule has 0 spiro atoms. The zero-order valence-electron chi connectivity index (χ0n) is 9.83. The second-order valence-corrected chi connectivity index (χ2v) is 4.31. The predicted molar refractivity (Wildman–Crippen MR) is 61.3 cm³/mol. The number of rotatable bonds is 2. The normalized spacial score (nSPS) is 15.4. The van der Waals surface area contributed by atoms with Crippen molar-refractivity contribution in [2.24, 2.45) is 0 Å². The maximum atomic E-state index is 13.5. The van der Waals surface area contributed by atoms with E-state index in [4.69, 9.17) is 0 Å². The molecule has 2 heterocycles. The molecular formula is C12H10F2N4O. The number of amides is 1. The summed E-state index contributed by atoms with van der Waals surface area (Å²) in [5.41, 5.74) is -0.505. The van der Waals surface area contributed by atoms with E-state index in [1.807, 2.05) is 0 Å². The van der Waals surface area contributed by atoms with Crippen molar-refractivity contribution in [2.45, 2.75) is 6.04 Å².